The molecule has 2 heterocycles. The maximum absolute atomic E-state index is 13.0. The maximum Gasteiger partial charge on any atom is 0.246 e. The number of anilines is 1. The predicted octanol–water partition coefficient (Wildman–Crippen LogP) is 4.56. The second-order valence-electron chi connectivity index (χ2n) is 8.65. The van der Waals surface area contributed by atoms with E-state index in [1.54, 1.807) is 42.0 Å². The van der Waals surface area contributed by atoms with Gasteiger partial charge in [-0.05, 0) is 49.4 Å². The molecule has 2 aromatic rings. The molecule has 0 aliphatic heterocycles. The molecule has 0 unspecified atom stereocenters. The number of hydroxylamine groups is 2. The second kappa shape index (κ2) is 15.4. The van der Waals surface area contributed by atoms with Crippen molar-refractivity contribution in [2.45, 2.75) is 76.9 Å². The van der Waals surface area contributed by atoms with Gasteiger partial charge in [0, 0.05) is 43.4 Å². The molecular weight excluding hydrogens is 442 g/mol. The molecule has 3 rings (SSSR count). The van der Waals surface area contributed by atoms with Crippen LogP contribution in [0.1, 0.15) is 69.8 Å². The Balaban J connectivity index is 1.39. The Morgan fingerprint density at radius 3 is 2.63 bits per heavy atom. The Morgan fingerprint density at radius 1 is 1.09 bits per heavy atom. The van der Waals surface area contributed by atoms with Gasteiger partial charge in [-0.25, -0.2) is 5.06 Å². The van der Waals surface area contributed by atoms with E-state index in [1.165, 1.54) is 6.42 Å². The van der Waals surface area contributed by atoms with Crippen LogP contribution in [-0.4, -0.2) is 39.5 Å². The van der Waals surface area contributed by atoms with Gasteiger partial charge < -0.3 is 5.32 Å². The third kappa shape index (κ3) is 10.1. The van der Waals surface area contributed by atoms with Crippen LogP contribution in [0.2, 0.25) is 0 Å². The highest BCUT2D eigenvalue weighted by atomic mass is 16.7. The molecule has 9 nitrogen and oxygen atoms in total. The number of nitrogens with zero attached hydrogens (tertiary/aromatic N) is 5. The Morgan fingerprint density at radius 2 is 1.89 bits per heavy atom. The number of guanidine groups is 1. The van der Waals surface area contributed by atoms with Gasteiger partial charge in [-0.15, -0.1) is 0 Å². The molecule has 35 heavy (non-hydrogen) atoms. The summed E-state index contributed by atoms with van der Waals surface area (Å²) in [4.78, 5) is 31.7. The first-order chi connectivity index (χ1) is 17.2. The lowest BCUT2D eigenvalue weighted by Crippen LogP contribution is -2.35. The van der Waals surface area contributed by atoms with Crippen molar-refractivity contribution in [2.24, 2.45) is 4.99 Å². The number of nitrogens with one attached hydrogen (secondary N) is 2. The SMILES string of the molecule is N#CNC(=NCCCCCCC(=O)N(Cc1cccnc1)OC1CCCCC1)Nc1ccncc1. The molecule has 1 amide bonds. The molecule has 0 bridgehead atoms. The summed E-state index contributed by atoms with van der Waals surface area (Å²) in [6.07, 6.45) is 18.5. The number of unbranched alkanes of at least 4 members (excludes halogenated alkanes) is 3. The number of carbonyl (C=O) groups excluding carboxylic acids is 1. The number of nitriles is 1. The van der Waals surface area contributed by atoms with Gasteiger partial charge in [0.05, 0.1) is 12.6 Å². The summed E-state index contributed by atoms with van der Waals surface area (Å²) >= 11 is 0. The summed E-state index contributed by atoms with van der Waals surface area (Å²) in [5.74, 6) is 0.444. The van der Waals surface area contributed by atoms with Crippen molar-refractivity contribution in [1.82, 2.24) is 20.3 Å². The lowest BCUT2D eigenvalue weighted by molar-refractivity contribution is -0.215. The first-order valence-corrected chi connectivity index (χ1v) is 12.5. The highest BCUT2D eigenvalue weighted by molar-refractivity contribution is 5.94. The van der Waals surface area contributed by atoms with E-state index in [1.807, 2.05) is 18.3 Å². The van der Waals surface area contributed by atoms with Crippen LogP contribution in [-0.2, 0) is 16.2 Å². The molecule has 186 valence electrons. The fourth-order valence-electron chi connectivity index (χ4n) is 3.98. The first-order valence-electron chi connectivity index (χ1n) is 12.5. The van der Waals surface area contributed by atoms with Crippen molar-refractivity contribution >= 4 is 17.6 Å². The zero-order valence-electron chi connectivity index (χ0n) is 20.2. The third-order valence-corrected chi connectivity index (χ3v) is 5.84. The molecule has 0 atom stereocenters. The van der Waals surface area contributed by atoms with E-state index < -0.39 is 0 Å². The molecule has 1 fully saturated rings. The molecular formula is C26H35N7O2. The van der Waals surface area contributed by atoms with E-state index in [0.29, 0.717) is 25.5 Å². The second-order valence-corrected chi connectivity index (χ2v) is 8.65. The zero-order chi connectivity index (χ0) is 24.6. The van der Waals surface area contributed by atoms with E-state index in [2.05, 4.69) is 25.6 Å². The number of hydrogen-bond acceptors (Lipinski definition) is 6. The van der Waals surface area contributed by atoms with Crippen LogP contribution >= 0.6 is 0 Å². The average molecular weight is 478 g/mol. The minimum atomic E-state index is 0.0273. The molecule has 0 spiro atoms. The number of rotatable bonds is 12. The number of carbonyl (C=O) groups is 1. The van der Waals surface area contributed by atoms with Crippen LogP contribution in [0.5, 0.6) is 0 Å². The van der Waals surface area contributed by atoms with Crippen LogP contribution < -0.4 is 10.6 Å². The molecule has 2 N–H and O–H groups in total. The Kier molecular flexibility index (Phi) is 11.5. The Bertz CT molecular complexity index is 941. The summed E-state index contributed by atoms with van der Waals surface area (Å²) in [6.45, 7) is 1.02. The minimum absolute atomic E-state index is 0.0273. The lowest BCUT2D eigenvalue weighted by Gasteiger charge is -2.29. The third-order valence-electron chi connectivity index (χ3n) is 5.84. The van der Waals surface area contributed by atoms with Gasteiger partial charge in [-0.2, -0.15) is 5.26 Å². The smallest absolute Gasteiger partial charge is 0.246 e. The number of aliphatic imine (C=N–C) groups is 1. The fraction of sp³-hybridized carbons (Fsp3) is 0.500. The topological polar surface area (TPSA) is 116 Å². The number of pyridine rings is 2. The van der Waals surface area contributed by atoms with Gasteiger partial charge in [0.1, 0.15) is 0 Å². The maximum atomic E-state index is 13.0. The van der Waals surface area contributed by atoms with Crippen molar-refractivity contribution < 1.29 is 9.63 Å². The number of hydrogen-bond donors (Lipinski definition) is 2. The van der Waals surface area contributed by atoms with Crippen molar-refractivity contribution in [3.05, 3.63) is 54.6 Å². The average Bonchev–Trinajstić information content (AvgIpc) is 2.89. The predicted molar refractivity (Wildman–Crippen MR) is 135 cm³/mol. The summed E-state index contributed by atoms with van der Waals surface area (Å²) < 4.78 is 0. The summed E-state index contributed by atoms with van der Waals surface area (Å²) in [6, 6.07) is 7.46. The van der Waals surface area contributed by atoms with Crippen LogP contribution in [0.4, 0.5) is 5.69 Å². The number of aromatic nitrogens is 2. The lowest BCUT2D eigenvalue weighted by atomic mass is 9.98. The fourth-order valence-corrected chi connectivity index (χ4v) is 3.98. The molecule has 0 radical (unpaired) electrons. The molecule has 0 aromatic carbocycles. The molecule has 1 saturated carbocycles. The summed E-state index contributed by atoms with van der Waals surface area (Å²) in [7, 11) is 0. The molecule has 0 saturated heterocycles. The standard InChI is InChI=1S/C26H35N7O2/c27-21-31-26(32-23-13-17-28-18-14-23)30-16-7-2-1-6-12-25(34)33(20-22-9-8-15-29-19-22)35-24-10-4-3-5-11-24/h8-9,13-15,17-19,24H,1-7,10-12,16,20H2,(H2,28,30,31,32). The van der Waals surface area contributed by atoms with Crippen LogP contribution in [0.15, 0.2) is 54.0 Å². The van der Waals surface area contributed by atoms with Gasteiger partial charge in [-0.3, -0.25) is 29.9 Å². The largest absolute Gasteiger partial charge is 0.325 e. The number of amides is 1. The van der Waals surface area contributed by atoms with Crippen molar-refractivity contribution in [2.75, 3.05) is 11.9 Å². The highest BCUT2D eigenvalue weighted by Crippen LogP contribution is 2.22. The van der Waals surface area contributed by atoms with Gasteiger partial charge in [0.25, 0.3) is 0 Å². The minimum Gasteiger partial charge on any atom is -0.325 e. The quantitative estimate of drug-likeness (QED) is 0.115. The summed E-state index contributed by atoms with van der Waals surface area (Å²) in [5.41, 5.74) is 1.78. The summed E-state index contributed by atoms with van der Waals surface area (Å²) in [5, 5.41) is 16.1. The van der Waals surface area contributed by atoms with Crippen LogP contribution in [0.25, 0.3) is 0 Å². The molecule has 1 aliphatic rings. The molecule has 2 aromatic heterocycles. The van der Waals surface area contributed by atoms with Crippen LogP contribution in [0, 0.1) is 11.5 Å². The van der Waals surface area contributed by atoms with E-state index in [4.69, 9.17) is 10.1 Å². The van der Waals surface area contributed by atoms with E-state index >= 15 is 0 Å². The van der Waals surface area contributed by atoms with E-state index in [9.17, 15) is 4.79 Å². The molecule has 9 heteroatoms. The van der Waals surface area contributed by atoms with Crippen molar-refractivity contribution in [3.8, 4) is 6.19 Å². The van der Waals surface area contributed by atoms with E-state index in [0.717, 1.165) is 62.6 Å². The highest BCUT2D eigenvalue weighted by Gasteiger charge is 2.22. The monoisotopic (exact) mass is 477 g/mol. The van der Waals surface area contributed by atoms with E-state index in [-0.39, 0.29) is 12.0 Å². The van der Waals surface area contributed by atoms with Gasteiger partial charge in [0.2, 0.25) is 11.9 Å². The van der Waals surface area contributed by atoms with Gasteiger partial charge >= 0.3 is 0 Å². The van der Waals surface area contributed by atoms with Crippen molar-refractivity contribution in [1.29, 1.82) is 5.26 Å². The molecule has 1 aliphatic carbocycles. The van der Waals surface area contributed by atoms with Gasteiger partial charge in [0.15, 0.2) is 6.19 Å². The van der Waals surface area contributed by atoms with Gasteiger partial charge in [-0.1, -0.05) is 38.2 Å². The Labute approximate surface area is 207 Å². The zero-order valence-corrected chi connectivity index (χ0v) is 20.2. The van der Waals surface area contributed by atoms with Crippen LogP contribution in [0.3, 0.4) is 0 Å². The Hall–Kier alpha value is -3.51. The first kappa shape index (κ1) is 26.1. The normalized spacial score (nSPS) is 14.2. The van der Waals surface area contributed by atoms with Crippen molar-refractivity contribution in [3.63, 3.8) is 0 Å².